The van der Waals surface area contributed by atoms with Crippen LogP contribution >= 0.6 is 0 Å². The molecule has 0 atom stereocenters. The van der Waals surface area contributed by atoms with Crippen LogP contribution in [0.3, 0.4) is 0 Å². The molecule has 1 aliphatic rings. The zero-order chi connectivity index (χ0) is 10.8. The van der Waals surface area contributed by atoms with Crippen LogP contribution in [0.4, 0.5) is 0 Å². The van der Waals surface area contributed by atoms with E-state index in [0.717, 1.165) is 25.7 Å². The van der Waals surface area contributed by atoms with E-state index in [1.54, 1.807) is 0 Å². The van der Waals surface area contributed by atoms with Gasteiger partial charge in [0.05, 0.1) is 0 Å². The van der Waals surface area contributed by atoms with Gasteiger partial charge in [-0.2, -0.15) is 0 Å². The SMILES string of the molecule is O=C(O)c1c(=O)o[nH][n+]1C1CCCCC1. The summed E-state index contributed by atoms with van der Waals surface area (Å²) >= 11 is 0. The highest BCUT2D eigenvalue weighted by Gasteiger charge is 2.35. The lowest BCUT2D eigenvalue weighted by Crippen LogP contribution is -2.48. The standard InChI is InChI=1S/C9H12N2O4/c12-8(13)7-9(14)15-10-11(7)6-4-2-1-3-5-6/h6H,1-5H2,(H-,10,12,13,14)/p+1. The number of nitrogens with one attached hydrogen (secondary N) is 1. The van der Waals surface area contributed by atoms with Crippen molar-refractivity contribution in [2.75, 3.05) is 0 Å². The Morgan fingerprint density at radius 1 is 1.40 bits per heavy atom. The number of carboxylic acids is 1. The van der Waals surface area contributed by atoms with Gasteiger partial charge in [-0.3, -0.25) is 4.52 Å². The van der Waals surface area contributed by atoms with Crippen molar-refractivity contribution in [1.29, 1.82) is 0 Å². The van der Waals surface area contributed by atoms with Crippen LogP contribution in [-0.4, -0.2) is 16.3 Å². The topological polar surface area (TPSA) is 87.2 Å². The first-order valence-corrected chi connectivity index (χ1v) is 5.06. The van der Waals surface area contributed by atoms with Crippen molar-refractivity contribution in [3.63, 3.8) is 0 Å². The molecule has 2 N–H and O–H groups in total. The molecule has 0 aliphatic heterocycles. The Kier molecular flexibility index (Phi) is 2.57. The van der Waals surface area contributed by atoms with E-state index >= 15 is 0 Å². The average molecular weight is 213 g/mol. The van der Waals surface area contributed by atoms with E-state index < -0.39 is 11.6 Å². The smallest absolute Gasteiger partial charge is 0.442 e. The maximum atomic E-state index is 11.1. The fraction of sp³-hybridized carbons (Fsp3) is 0.667. The molecule has 0 saturated heterocycles. The third-order valence-electron chi connectivity index (χ3n) is 2.81. The number of carbonyl (C=O) groups is 1. The van der Waals surface area contributed by atoms with Gasteiger partial charge in [0.1, 0.15) is 0 Å². The highest BCUT2D eigenvalue weighted by molar-refractivity contribution is 5.82. The largest absolute Gasteiger partial charge is 0.473 e. The number of aromatic amines is 1. The number of aromatic carboxylic acids is 1. The molecule has 0 radical (unpaired) electrons. The van der Waals surface area contributed by atoms with Crippen molar-refractivity contribution in [2.45, 2.75) is 38.1 Å². The molecule has 6 nitrogen and oxygen atoms in total. The van der Waals surface area contributed by atoms with Crippen molar-refractivity contribution in [2.24, 2.45) is 0 Å². The van der Waals surface area contributed by atoms with Gasteiger partial charge < -0.3 is 5.11 Å². The molecule has 0 aromatic carbocycles. The van der Waals surface area contributed by atoms with Crippen molar-refractivity contribution in [3.8, 4) is 0 Å². The quantitative estimate of drug-likeness (QED) is 0.698. The Morgan fingerprint density at radius 3 is 2.67 bits per heavy atom. The van der Waals surface area contributed by atoms with Crippen LogP contribution in [0, 0.1) is 0 Å². The highest BCUT2D eigenvalue weighted by Crippen LogP contribution is 2.23. The molecule has 0 amide bonds. The molecule has 0 spiro atoms. The van der Waals surface area contributed by atoms with Crippen molar-refractivity contribution in [3.05, 3.63) is 16.1 Å². The highest BCUT2D eigenvalue weighted by atomic mass is 16.5. The van der Waals surface area contributed by atoms with Crippen LogP contribution in [-0.2, 0) is 0 Å². The molecule has 1 saturated carbocycles. The second-order valence-electron chi connectivity index (χ2n) is 3.80. The number of hydrogen-bond acceptors (Lipinski definition) is 3. The first-order chi connectivity index (χ1) is 7.20. The van der Waals surface area contributed by atoms with Crippen LogP contribution in [0.1, 0.15) is 48.6 Å². The summed E-state index contributed by atoms with van der Waals surface area (Å²) in [6.45, 7) is 0. The van der Waals surface area contributed by atoms with Crippen molar-refractivity contribution < 1.29 is 19.1 Å². The molecule has 82 valence electrons. The Morgan fingerprint density at radius 2 is 2.07 bits per heavy atom. The molecule has 1 aliphatic carbocycles. The van der Waals surface area contributed by atoms with E-state index in [9.17, 15) is 9.59 Å². The van der Waals surface area contributed by atoms with Crippen LogP contribution in [0.15, 0.2) is 9.32 Å². The molecule has 15 heavy (non-hydrogen) atoms. The summed E-state index contributed by atoms with van der Waals surface area (Å²) < 4.78 is 5.86. The second kappa shape index (κ2) is 3.88. The maximum Gasteiger partial charge on any atom is 0.442 e. The lowest BCUT2D eigenvalue weighted by molar-refractivity contribution is -0.789. The Balaban J connectivity index is 2.34. The van der Waals surface area contributed by atoms with Crippen LogP contribution in [0.2, 0.25) is 0 Å². The van der Waals surface area contributed by atoms with E-state index in [1.807, 2.05) is 0 Å². The lowest BCUT2D eigenvalue weighted by Gasteiger charge is -2.14. The van der Waals surface area contributed by atoms with Crippen LogP contribution in [0.5, 0.6) is 0 Å². The van der Waals surface area contributed by atoms with E-state index in [4.69, 9.17) is 5.11 Å². The van der Waals surface area contributed by atoms with Gasteiger partial charge in [-0.1, -0.05) is 11.1 Å². The fourth-order valence-corrected chi connectivity index (χ4v) is 2.07. The number of hydrogen-bond donors (Lipinski definition) is 2. The summed E-state index contributed by atoms with van der Waals surface area (Å²) in [5, 5.41) is 11.2. The number of aromatic nitrogens is 2. The molecule has 1 heterocycles. The molecule has 1 aromatic heterocycles. The van der Waals surface area contributed by atoms with E-state index in [0.29, 0.717) is 0 Å². The average Bonchev–Trinajstić information content (AvgIpc) is 2.61. The number of carboxylic acid groups (broad SMARTS) is 1. The molecular formula is C9H13N2O4+. The van der Waals surface area contributed by atoms with Gasteiger partial charge in [0, 0.05) is 12.8 Å². The predicted molar refractivity (Wildman–Crippen MR) is 48.6 cm³/mol. The minimum Gasteiger partial charge on any atom is -0.473 e. The summed E-state index contributed by atoms with van der Waals surface area (Å²) in [6.07, 6.45) is 5.07. The third-order valence-corrected chi connectivity index (χ3v) is 2.81. The van der Waals surface area contributed by atoms with Gasteiger partial charge in [-0.15, -0.1) is 0 Å². The molecule has 0 bridgehead atoms. The van der Waals surface area contributed by atoms with Gasteiger partial charge in [-0.25, -0.2) is 9.59 Å². The van der Waals surface area contributed by atoms with Gasteiger partial charge in [0.15, 0.2) is 6.04 Å². The lowest BCUT2D eigenvalue weighted by atomic mass is 9.95. The van der Waals surface area contributed by atoms with Gasteiger partial charge in [0.2, 0.25) is 0 Å². The van der Waals surface area contributed by atoms with E-state index in [-0.39, 0.29) is 11.7 Å². The zero-order valence-corrected chi connectivity index (χ0v) is 8.23. The summed E-state index contributed by atoms with van der Waals surface area (Å²) in [7, 11) is 0. The van der Waals surface area contributed by atoms with Gasteiger partial charge in [0.25, 0.3) is 0 Å². The molecule has 0 unspecified atom stereocenters. The summed E-state index contributed by atoms with van der Waals surface area (Å²) in [5.74, 6) is -1.24. The Labute approximate surface area is 85.5 Å². The minimum atomic E-state index is -1.24. The van der Waals surface area contributed by atoms with Gasteiger partial charge >= 0.3 is 17.3 Å². The van der Waals surface area contributed by atoms with E-state index in [1.165, 1.54) is 11.1 Å². The third kappa shape index (κ3) is 1.79. The Bertz CT molecular complexity index is 414. The van der Waals surface area contributed by atoms with Crippen molar-refractivity contribution in [1.82, 2.24) is 5.27 Å². The maximum absolute atomic E-state index is 11.1. The number of rotatable bonds is 2. The Hall–Kier alpha value is -1.59. The second-order valence-corrected chi connectivity index (χ2v) is 3.80. The monoisotopic (exact) mass is 213 g/mol. The summed E-state index contributed by atoms with van der Waals surface area (Å²) in [6, 6.07) is 0.0521. The zero-order valence-electron chi connectivity index (χ0n) is 8.23. The van der Waals surface area contributed by atoms with Crippen molar-refractivity contribution >= 4 is 5.97 Å². The molecule has 1 aromatic rings. The van der Waals surface area contributed by atoms with E-state index in [2.05, 4.69) is 9.79 Å². The predicted octanol–water partition coefficient (Wildman–Crippen LogP) is 0.459. The number of H-pyrrole nitrogens is 1. The van der Waals surface area contributed by atoms with Crippen LogP contribution in [0.25, 0.3) is 0 Å². The first-order valence-electron chi connectivity index (χ1n) is 5.06. The first kappa shape index (κ1) is 9.95. The molecule has 2 rings (SSSR count). The summed E-state index contributed by atoms with van der Waals surface area (Å²) in [4.78, 5) is 22.0. The molecular weight excluding hydrogens is 200 g/mol. The number of nitrogens with zero attached hydrogens (tertiary/aromatic N) is 1. The normalized spacial score (nSPS) is 17.9. The van der Waals surface area contributed by atoms with Crippen LogP contribution < -0.4 is 10.3 Å². The summed E-state index contributed by atoms with van der Waals surface area (Å²) in [5.41, 5.74) is -1.12. The fourth-order valence-electron chi connectivity index (χ4n) is 2.07. The molecule has 6 heteroatoms. The minimum absolute atomic E-state index is 0.0521. The van der Waals surface area contributed by atoms with Gasteiger partial charge in [-0.05, 0) is 18.1 Å². The molecule has 1 fully saturated rings.